The molecule has 3 heteroatoms. The van der Waals surface area contributed by atoms with Gasteiger partial charge in [-0.25, -0.2) is 0 Å². The van der Waals surface area contributed by atoms with Crippen LogP contribution in [0.5, 0.6) is 0 Å². The molecule has 0 amide bonds. The molecule has 0 saturated carbocycles. The minimum absolute atomic E-state index is 0.261. The van der Waals surface area contributed by atoms with Crippen LogP contribution in [0, 0.1) is 6.92 Å². The topological polar surface area (TPSA) is 32.3 Å². The zero-order valence-corrected chi connectivity index (χ0v) is 10.9. The summed E-state index contributed by atoms with van der Waals surface area (Å²) >= 11 is 1.79. The number of aliphatic hydroxyl groups excluding tert-OH is 1. The Kier molecular flexibility index (Phi) is 6.53. The molecule has 1 atom stereocenters. The van der Waals surface area contributed by atoms with Gasteiger partial charge in [0.2, 0.25) is 0 Å². The highest BCUT2D eigenvalue weighted by Crippen LogP contribution is 2.21. The van der Waals surface area contributed by atoms with Crippen molar-refractivity contribution in [2.24, 2.45) is 0 Å². The second-order valence-corrected chi connectivity index (χ2v) is 4.92. The maximum atomic E-state index is 8.79. The van der Waals surface area contributed by atoms with Gasteiger partial charge in [-0.05, 0) is 24.6 Å². The van der Waals surface area contributed by atoms with Crippen LogP contribution in [0.15, 0.2) is 24.3 Å². The first-order valence-corrected chi connectivity index (χ1v) is 6.92. The number of hydrogen-bond donors (Lipinski definition) is 2. The molecule has 0 saturated heterocycles. The molecule has 90 valence electrons. The van der Waals surface area contributed by atoms with E-state index in [9.17, 15) is 0 Å². The van der Waals surface area contributed by atoms with Crippen molar-refractivity contribution in [3.05, 3.63) is 35.4 Å². The van der Waals surface area contributed by atoms with Crippen LogP contribution in [0.25, 0.3) is 0 Å². The highest BCUT2D eigenvalue weighted by atomic mass is 32.2. The van der Waals surface area contributed by atoms with Gasteiger partial charge in [-0.3, -0.25) is 0 Å². The van der Waals surface area contributed by atoms with Crippen molar-refractivity contribution < 1.29 is 5.11 Å². The van der Waals surface area contributed by atoms with Crippen molar-refractivity contribution in [1.82, 2.24) is 5.32 Å². The molecule has 0 radical (unpaired) electrons. The maximum Gasteiger partial charge on any atom is 0.0521 e. The zero-order valence-electron chi connectivity index (χ0n) is 10.1. The van der Waals surface area contributed by atoms with Crippen LogP contribution in [-0.2, 0) is 0 Å². The summed E-state index contributed by atoms with van der Waals surface area (Å²) < 4.78 is 0. The van der Waals surface area contributed by atoms with Gasteiger partial charge in [-0.15, -0.1) is 0 Å². The van der Waals surface area contributed by atoms with Crippen molar-refractivity contribution in [2.75, 3.05) is 24.7 Å². The fraction of sp³-hybridized carbons (Fsp3) is 0.538. The Morgan fingerprint density at radius 1 is 1.38 bits per heavy atom. The Hall–Kier alpha value is -0.510. The van der Waals surface area contributed by atoms with E-state index in [-0.39, 0.29) is 6.61 Å². The number of aryl methyl sites for hydroxylation is 1. The number of benzene rings is 1. The van der Waals surface area contributed by atoms with Crippen molar-refractivity contribution in [3.8, 4) is 0 Å². The molecule has 0 aliphatic heterocycles. The summed E-state index contributed by atoms with van der Waals surface area (Å²) in [5.74, 6) is 1.83. The molecular formula is C13H21NOS. The molecule has 0 aliphatic carbocycles. The number of nitrogens with one attached hydrogen (secondary N) is 1. The van der Waals surface area contributed by atoms with Gasteiger partial charge in [0.05, 0.1) is 6.61 Å². The summed E-state index contributed by atoms with van der Waals surface area (Å²) in [5, 5.41) is 12.3. The molecular weight excluding hydrogens is 218 g/mol. The van der Waals surface area contributed by atoms with Crippen LogP contribution in [0.1, 0.15) is 24.1 Å². The largest absolute Gasteiger partial charge is 0.396 e. The van der Waals surface area contributed by atoms with Crippen LogP contribution in [0.4, 0.5) is 0 Å². The van der Waals surface area contributed by atoms with E-state index in [1.165, 1.54) is 11.1 Å². The number of rotatable bonds is 7. The normalized spacial score (nSPS) is 12.7. The van der Waals surface area contributed by atoms with Crippen LogP contribution in [0.2, 0.25) is 0 Å². The molecule has 1 unspecified atom stereocenters. The highest BCUT2D eigenvalue weighted by Gasteiger charge is 2.11. The molecule has 0 heterocycles. The molecule has 0 fully saturated rings. The summed E-state index contributed by atoms with van der Waals surface area (Å²) in [7, 11) is 0. The first kappa shape index (κ1) is 13.6. The first-order chi connectivity index (χ1) is 7.79. The predicted molar refractivity (Wildman–Crippen MR) is 72.0 cm³/mol. The van der Waals surface area contributed by atoms with E-state index in [0.717, 1.165) is 18.1 Å². The van der Waals surface area contributed by atoms with E-state index in [4.69, 9.17) is 5.11 Å². The summed E-state index contributed by atoms with van der Waals surface area (Å²) in [6.07, 6.45) is 0. The second-order valence-electron chi connectivity index (χ2n) is 3.77. The Labute approximate surface area is 102 Å². The third-order valence-electron chi connectivity index (χ3n) is 2.53. The van der Waals surface area contributed by atoms with Crippen molar-refractivity contribution in [2.45, 2.75) is 19.9 Å². The van der Waals surface area contributed by atoms with Gasteiger partial charge in [-0.1, -0.05) is 31.2 Å². The average molecular weight is 239 g/mol. The molecule has 0 aromatic heterocycles. The fourth-order valence-electron chi connectivity index (χ4n) is 1.75. The van der Waals surface area contributed by atoms with E-state index >= 15 is 0 Å². The summed E-state index contributed by atoms with van der Waals surface area (Å²) in [6, 6.07) is 8.88. The smallest absolute Gasteiger partial charge is 0.0521 e. The molecule has 1 aromatic carbocycles. The van der Waals surface area contributed by atoms with Crippen LogP contribution < -0.4 is 5.32 Å². The van der Waals surface area contributed by atoms with E-state index in [0.29, 0.717) is 6.04 Å². The molecule has 2 N–H and O–H groups in total. The number of hydrogen-bond acceptors (Lipinski definition) is 3. The Bertz CT molecular complexity index is 304. The molecule has 0 aliphatic rings. The lowest BCUT2D eigenvalue weighted by Gasteiger charge is -2.19. The van der Waals surface area contributed by atoms with Gasteiger partial charge in [0.1, 0.15) is 0 Å². The van der Waals surface area contributed by atoms with Gasteiger partial charge in [0, 0.05) is 17.5 Å². The summed E-state index contributed by atoms with van der Waals surface area (Å²) in [5.41, 5.74) is 2.70. The van der Waals surface area contributed by atoms with Gasteiger partial charge in [0.25, 0.3) is 0 Å². The van der Waals surface area contributed by atoms with Crippen LogP contribution >= 0.6 is 11.8 Å². The number of thioether (sulfide) groups is 1. The lowest BCUT2D eigenvalue weighted by molar-refractivity contribution is 0.322. The summed E-state index contributed by atoms with van der Waals surface area (Å²) in [4.78, 5) is 0. The van der Waals surface area contributed by atoms with E-state index in [2.05, 4.69) is 43.4 Å². The molecule has 0 bridgehead atoms. The number of aliphatic hydroxyl groups is 1. The van der Waals surface area contributed by atoms with Gasteiger partial charge in [0.15, 0.2) is 0 Å². The third kappa shape index (κ3) is 4.16. The minimum atomic E-state index is 0.261. The Morgan fingerprint density at radius 3 is 2.75 bits per heavy atom. The Morgan fingerprint density at radius 2 is 2.12 bits per heavy atom. The first-order valence-electron chi connectivity index (χ1n) is 5.77. The lowest BCUT2D eigenvalue weighted by atomic mass is 10.0. The van der Waals surface area contributed by atoms with Gasteiger partial charge < -0.3 is 10.4 Å². The highest BCUT2D eigenvalue weighted by molar-refractivity contribution is 7.99. The van der Waals surface area contributed by atoms with Gasteiger partial charge in [-0.2, -0.15) is 11.8 Å². The SMILES string of the molecule is CCNC(CSCCO)c1ccccc1C. The van der Waals surface area contributed by atoms with Crippen molar-refractivity contribution in [1.29, 1.82) is 0 Å². The third-order valence-corrected chi connectivity index (χ3v) is 3.57. The maximum absolute atomic E-state index is 8.79. The zero-order chi connectivity index (χ0) is 11.8. The summed E-state index contributed by atoms with van der Waals surface area (Å²) in [6.45, 7) is 5.51. The van der Waals surface area contributed by atoms with Crippen LogP contribution in [0.3, 0.4) is 0 Å². The predicted octanol–water partition coefficient (Wildman–Crippen LogP) is 2.37. The van der Waals surface area contributed by atoms with Crippen LogP contribution in [-0.4, -0.2) is 29.8 Å². The second kappa shape index (κ2) is 7.71. The van der Waals surface area contributed by atoms with Gasteiger partial charge >= 0.3 is 0 Å². The molecule has 16 heavy (non-hydrogen) atoms. The van der Waals surface area contributed by atoms with E-state index in [1.807, 2.05) is 0 Å². The fourth-order valence-corrected chi connectivity index (χ4v) is 2.58. The molecule has 0 spiro atoms. The molecule has 1 rings (SSSR count). The molecule has 2 nitrogen and oxygen atoms in total. The molecule has 1 aromatic rings. The minimum Gasteiger partial charge on any atom is -0.396 e. The van der Waals surface area contributed by atoms with Crippen molar-refractivity contribution in [3.63, 3.8) is 0 Å². The average Bonchev–Trinajstić information content (AvgIpc) is 2.29. The lowest BCUT2D eigenvalue weighted by Crippen LogP contribution is -2.24. The van der Waals surface area contributed by atoms with E-state index < -0.39 is 0 Å². The van der Waals surface area contributed by atoms with E-state index in [1.54, 1.807) is 11.8 Å². The Balaban J connectivity index is 2.65. The quantitative estimate of drug-likeness (QED) is 0.717. The van der Waals surface area contributed by atoms with Crippen molar-refractivity contribution >= 4 is 11.8 Å². The standard InChI is InChI=1S/C13H21NOS/c1-3-14-13(10-16-9-8-15)12-7-5-4-6-11(12)2/h4-7,13-15H,3,8-10H2,1-2H3. The monoisotopic (exact) mass is 239 g/mol.